The fourth-order valence-corrected chi connectivity index (χ4v) is 4.37. The maximum Gasteiger partial charge on any atom is 0.395 e. The number of anilines is 1. The van der Waals surface area contributed by atoms with Gasteiger partial charge in [-0.3, -0.25) is 4.98 Å². The van der Waals surface area contributed by atoms with Gasteiger partial charge in [-0.2, -0.15) is 13.2 Å². The molecule has 0 radical (unpaired) electrons. The zero-order valence-corrected chi connectivity index (χ0v) is 18.7. The third kappa shape index (κ3) is 5.22. The van der Waals surface area contributed by atoms with Gasteiger partial charge >= 0.3 is 6.18 Å². The zero-order valence-electron chi connectivity index (χ0n) is 18.7. The van der Waals surface area contributed by atoms with Gasteiger partial charge in [0.05, 0.1) is 16.8 Å². The molecule has 0 aromatic carbocycles. The second-order valence-corrected chi connectivity index (χ2v) is 9.21. The number of aromatic nitrogens is 2. The van der Waals surface area contributed by atoms with Gasteiger partial charge in [-0.05, 0) is 56.3 Å². The van der Waals surface area contributed by atoms with Crippen molar-refractivity contribution in [3.63, 3.8) is 0 Å². The highest BCUT2D eigenvalue weighted by molar-refractivity contribution is 5.85. The third-order valence-electron chi connectivity index (χ3n) is 6.59. The molecule has 0 bridgehead atoms. The Kier molecular flexibility index (Phi) is 6.24. The van der Waals surface area contributed by atoms with E-state index in [1.807, 2.05) is 17.0 Å². The van der Waals surface area contributed by atoms with Crippen LogP contribution in [0.3, 0.4) is 0 Å². The number of hydrogen-bond acceptors (Lipinski definition) is 7. The highest BCUT2D eigenvalue weighted by atomic mass is 19.4. The van der Waals surface area contributed by atoms with Gasteiger partial charge in [0.15, 0.2) is 0 Å². The molecule has 0 atom stereocenters. The molecular formula is C23H30F3N7. The van der Waals surface area contributed by atoms with E-state index in [1.165, 1.54) is 5.01 Å². The molecule has 3 heterocycles. The summed E-state index contributed by atoms with van der Waals surface area (Å²) in [6.07, 6.45) is 2.96. The summed E-state index contributed by atoms with van der Waals surface area (Å²) in [6.45, 7) is 5.57. The molecule has 178 valence electrons. The predicted molar refractivity (Wildman–Crippen MR) is 123 cm³/mol. The smallest absolute Gasteiger partial charge is 0.395 e. The van der Waals surface area contributed by atoms with Gasteiger partial charge in [0.1, 0.15) is 5.82 Å². The Morgan fingerprint density at radius 1 is 1.24 bits per heavy atom. The molecule has 1 saturated heterocycles. The first-order chi connectivity index (χ1) is 15.6. The van der Waals surface area contributed by atoms with Crippen molar-refractivity contribution in [2.24, 2.45) is 22.9 Å². The van der Waals surface area contributed by atoms with Crippen LogP contribution in [0.25, 0.3) is 16.5 Å². The normalized spacial score (nSPS) is 19.5. The van der Waals surface area contributed by atoms with Crippen molar-refractivity contribution in [3.8, 4) is 0 Å². The van der Waals surface area contributed by atoms with Crippen molar-refractivity contribution in [1.29, 1.82) is 0 Å². The molecule has 1 aliphatic heterocycles. The molecule has 2 aromatic heterocycles. The number of hydrogen-bond donors (Lipinski definition) is 3. The van der Waals surface area contributed by atoms with Gasteiger partial charge in [-0.15, -0.1) is 0 Å². The van der Waals surface area contributed by atoms with Crippen molar-refractivity contribution in [2.75, 3.05) is 32.0 Å². The van der Waals surface area contributed by atoms with E-state index in [-0.39, 0.29) is 25.3 Å². The van der Waals surface area contributed by atoms with Crippen molar-refractivity contribution >= 4 is 22.3 Å². The van der Waals surface area contributed by atoms with Crippen LogP contribution in [0.4, 0.5) is 19.0 Å². The lowest BCUT2D eigenvalue weighted by Crippen LogP contribution is -2.42. The Morgan fingerprint density at radius 3 is 2.52 bits per heavy atom. The monoisotopic (exact) mass is 461 g/mol. The zero-order chi connectivity index (χ0) is 23.8. The van der Waals surface area contributed by atoms with Gasteiger partial charge in [0, 0.05) is 49.2 Å². The fraction of sp³-hybridized carbons (Fsp3) is 0.478. The first-order valence-corrected chi connectivity index (χ1v) is 11.0. The fourth-order valence-electron chi connectivity index (χ4n) is 4.37. The molecular weight excluding hydrogens is 431 g/mol. The molecule has 1 saturated carbocycles. The Hall–Kier alpha value is -2.85. The van der Waals surface area contributed by atoms with Gasteiger partial charge in [0.2, 0.25) is 0 Å². The molecule has 4 rings (SSSR count). The van der Waals surface area contributed by atoms with E-state index in [0.29, 0.717) is 30.3 Å². The predicted octanol–water partition coefficient (Wildman–Crippen LogP) is 3.67. The number of pyridine rings is 2. The maximum atomic E-state index is 13.3. The van der Waals surface area contributed by atoms with E-state index in [1.54, 1.807) is 25.6 Å². The number of hydrazine groups is 1. The number of allylic oxidation sites excluding steroid dienone is 1. The van der Waals surface area contributed by atoms with Crippen LogP contribution in [0.2, 0.25) is 0 Å². The summed E-state index contributed by atoms with van der Waals surface area (Å²) >= 11 is 0. The number of likely N-dealkylation sites (tertiary alicyclic amines) is 1. The first kappa shape index (κ1) is 23.3. The average molecular weight is 462 g/mol. The summed E-state index contributed by atoms with van der Waals surface area (Å²) in [5.41, 5.74) is 6.45. The van der Waals surface area contributed by atoms with Crippen LogP contribution in [0.5, 0.6) is 0 Å². The highest BCUT2D eigenvalue weighted by Gasteiger charge is 2.63. The Labute approximate surface area is 191 Å². The number of nitrogens with zero attached hydrogens (tertiary/aromatic N) is 4. The SMILES string of the molecule is C=C(Nc1cc2cc(/C(N)=C/N(C)N)ncc2cn1)C1CCN(CC2(C(F)(F)F)CC2)CC1. The Balaban J connectivity index is 1.37. The van der Waals surface area contributed by atoms with E-state index in [2.05, 4.69) is 21.9 Å². The third-order valence-corrected chi connectivity index (χ3v) is 6.59. The van der Waals surface area contributed by atoms with Gasteiger partial charge in [-0.25, -0.2) is 10.8 Å². The number of nitrogens with one attached hydrogen (secondary N) is 1. The number of fused-ring (bicyclic) bond motifs is 1. The summed E-state index contributed by atoms with van der Waals surface area (Å²) < 4.78 is 39.8. The molecule has 0 unspecified atom stereocenters. The molecule has 33 heavy (non-hydrogen) atoms. The van der Waals surface area contributed by atoms with E-state index in [9.17, 15) is 13.2 Å². The summed E-state index contributed by atoms with van der Waals surface area (Å²) in [4.78, 5) is 10.7. The summed E-state index contributed by atoms with van der Waals surface area (Å²) in [5.74, 6) is 6.46. The van der Waals surface area contributed by atoms with Crippen molar-refractivity contribution < 1.29 is 13.2 Å². The van der Waals surface area contributed by atoms with E-state index < -0.39 is 11.6 Å². The molecule has 7 nitrogen and oxygen atoms in total. The molecule has 0 spiro atoms. The highest BCUT2D eigenvalue weighted by Crippen LogP contribution is 2.58. The van der Waals surface area contributed by atoms with Crippen molar-refractivity contribution in [1.82, 2.24) is 19.9 Å². The maximum absolute atomic E-state index is 13.3. The molecule has 5 N–H and O–H groups in total. The molecule has 1 aliphatic carbocycles. The van der Waals surface area contributed by atoms with Crippen LogP contribution in [0.15, 0.2) is 43.0 Å². The largest absolute Gasteiger partial charge is 0.396 e. The molecule has 2 aliphatic rings. The first-order valence-electron chi connectivity index (χ1n) is 11.0. The van der Waals surface area contributed by atoms with Crippen molar-refractivity contribution in [2.45, 2.75) is 31.9 Å². The quantitative estimate of drug-likeness (QED) is 0.428. The Bertz CT molecular complexity index is 1050. The van der Waals surface area contributed by atoms with E-state index in [0.717, 1.165) is 29.3 Å². The van der Waals surface area contributed by atoms with Crippen LogP contribution in [-0.2, 0) is 0 Å². The molecule has 10 heteroatoms. The number of piperidine rings is 1. The summed E-state index contributed by atoms with van der Waals surface area (Å²) in [7, 11) is 1.68. The van der Waals surface area contributed by atoms with Crippen LogP contribution in [0.1, 0.15) is 31.4 Å². The van der Waals surface area contributed by atoms with Gasteiger partial charge in [0.25, 0.3) is 0 Å². The number of halogens is 3. The standard InChI is InChI=1S/C23H30F3N7/c1-15(16-3-7-33(8-4-16)14-22(5-6-22)23(24,25)26)31-21-10-17-9-20(19(27)13-32(2)28)29-11-18(17)12-30-21/h9-13,16H,1,3-8,14,27-28H2,2H3,(H,30,31)/b19-13-. The van der Waals surface area contributed by atoms with Crippen LogP contribution in [-0.4, -0.2) is 52.7 Å². The number of alkyl halides is 3. The molecule has 2 aromatic rings. The second kappa shape index (κ2) is 8.83. The van der Waals surface area contributed by atoms with Gasteiger partial charge in [-0.1, -0.05) is 6.58 Å². The minimum Gasteiger partial charge on any atom is -0.396 e. The average Bonchev–Trinajstić information content (AvgIpc) is 3.54. The summed E-state index contributed by atoms with van der Waals surface area (Å²) in [5, 5.41) is 6.44. The number of rotatable bonds is 7. The second-order valence-electron chi connectivity index (χ2n) is 9.21. The van der Waals surface area contributed by atoms with Crippen LogP contribution < -0.4 is 16.9 Å². The lowest BCUT2D eigenvalue weighted by Gasteiger charge is -2.35. The van der Waals surface area contributed by atoms with E-state index in [4.69, 9.17) is 11.6 Å². The van der Waals surface area contributed by atoms with Gasteiger partial charge < -0.3 is 21.0 Å². The molecule has 2 fully saturated rings. The summed E-state index contributed by atoms with van der Waals surface area (Å²) in [6, 6.07) is 3.77. The lowest BCUT2D eigenvalue weighted by atomic mass is 9.92. The Morgan fingerprint density at radius 2 is 1.91 bits per heavy atom. The minimum absolute atomic E-state index is 0.114. The molecule has 0 amide bonds. The van der Waals surface area contributed by atoms with Crippen LogP contribution in [0, 0.1) is 11.3 Å². The van der Waals surface area contributed by atoms with E-state index >= 15 is 0 Å². The minimum atomic E-state index is -4.10. The van der Waals surface area contributed by atoms with Crippen LogP contribution >= 0.6 is 0 Å². The van der Waals surface area contributed by atoms with Crippen molar-refractivity contribution in [3.05, 3.63) is 48.7 Å². The topological polar surface area (TPSA) is 96.3 Å². The number of nitrogens with two attached hydrogens (primary N) is 2. The lowest BCUT2D eigenvalue weighted by molar-refractivity contribution is -0.192.